The second kappa shape index (κ2) is 5.99. The number of hydrogen-bond acceptors (Lipinski definition) is 4. The SMILES string of the molecule is O=C1NCCCC1C(=O)N/N=C/c1ccccc1O. The number of piperidine rings is 1. The summed E-state index contributed by atoms with van der Waals surface area (Å²) in [5, 5.41) is 15.9. The lowest BCUT2D eigenvalue weighted by atomic mass is 9.98. The lowest BCUT2D eigenvalue weighted by Crippen LogP contribution is -2.43. The number of rotatable bonds is 3. The van der Waals surface area contributed by atoms with Gasteiger partial charge in [0, 0.05) is 12.1 Å². The van der Waals surface area contributed by atoms with Gasteiger partial charge in [-0.3, -0.25) is 9.59 Å². The summed E-state index contributed by atoms with van der Waals surface area (Å²) in [6, 6.07) is 6.63. The number of amides is 2. The molecular formula is C13H15N3O3. The maximum absolute atomic E-state index is 11.7. The number of aromatic hydroxyl groups is 1. The van der Waals surface area contributed by atoms with Crippen LogP contribution in [0.1, 0.15) is 18.4 Å². The van der Waals surface area contributed by atoms with Gasteiger partial charge in [-0.2, -0.15) is 5.10 Å². The average Bonchev–Trinajstić information content (AvgIpc) is 2.41. The van der Waals surface area contributed by atoms with Gasteiger partial charge in [0.05, 0.1) is 6.21 Å². The highest BCUT2D eigenvalue weighted by Crippen LogP contribution is 2.13. The maximum Gasteiger partial charge on any atom is 0.252 e. The zero-order chi connectivity index (χ0) is 13.7. The molecule has 1 aromatic rings. The fraction of sp³-hybridized carbons (Fsp3) is 0.308. The molecule has 0 aromatic heterocycles. The summed E-state index contributed by atoms with van der Waals surface area (Å²) in [7, 11) is 0. The van der Waals surface area contributed by atoms with E-state index in [9.17, 15) is 14.7 Å². The Bertz CT molecular complexity index is 514. The van der Waals surface area contributed by atoms with Gasteiger partial charge in [0.15, 0.2) is 0 Å². The van der Waals surface area contributed by atoms with Crippen LogP contribution in [0, 0.1) is 5.92 Å². The van der Waals surface area contributed by atoms with Crippen LogP contribution in [-0.4, -0.2) is 29.7 Å². The molecule has 0 radical (unpaired) electrons. The molecule has 0 spiro atoms. The highest BCUT2D eigenvalue weighted by molar-refractivity contribution is 6.00. The zero-order valence-corrected chi connectivity index (χ0v) is 10.3. The molecule has 1 atom stereocenters. The van der Waals surface area contributed by atoms with E-state index in [0.29, 0.717) is 18.5 Å². The molecular weight excluding hydrogens is 246 g/mol. The third-order valence-electron chi connectivity index (χ3n) is 2.92. The van der Waals surface area contributed by atoms with Crippen molar-refractivity contribution in [3.63, 3.8) is 0 Å². The quantitative estimate of drug-likeness (QED) is 0.417. The van der Waals surface area contributed by atoms with Gasteiger partial charge in [0.2, 0.25) is 5.91 Å². The van der Waals surface area contributed by atoms with Crippen LogP contribution >= 0.6 is 0 Å². The van der Waals surface area contributed by atoms with E-state index < -0.39 is 11.8 Å². The van der Waals surface area contributed by atoms with E-state index in [0.717, 1.165) is 6.42 Å². The molecule has 19 heavy (non-hydrogen) atoms. The van der Waals surface area contributed by atoms with Gasteiger partial charge >= 0.3 is 0 Å². The van der Waals surface area contributed by atoms with Gasteiger partial charge < -0.3 is 10.4 Å². The molecule has 0 saturated carbocycles. The third-order valence-corrected chi connectivity index (χ3v) is 2.92. The number of nitrogens with zero attached hydrogens (tertiary/aromatic N) is 1. The van der Waals surface area contributed by atoms with Crippen LogP contribution in [-0.2, 0) is 9.59 Å². The molecule has 1 aromatic carbocycles. The highest BCUT2D eigenvalue weighted by atomic mass is 16.3. The fourth-order valence-corrected chi connectivity index (χ4v) is 1.86. The van der Waals surface area contributed by atoms with Gasteiger partial charge in [-0.1, -0.05) is 12.1 Å². The monoisotopic (exact) mass is 261 g/mol. The number of hydrogen-bond donors (Lipinski definition) is 3. The molecule has 1 aliphatic rings. The van der Waals surface area contributed by atoms with E-state index >= 15 is 0 Å². The van der Waals surface area contributed by atoms with E-state index in [-0.39, 0.29) is 11.7 Å². The van der Waals surface area contributed by atoms with Gasteiger partial charge in [-0.25, -0.2) is 5.43 Å². The molecule has 1 aliphatic heterocycles. The summed E-state index contributed by atoms with van der Waals surface area (Å²) in [5.74, 6) is -1.29. The summed E-state index contributed by atoms with van der Waals surface area (Å²) in [6.07, 6.45) is 2.66. The normalized spacial score (nSPS) is 19.2. The Kier molecular flexibility index (Phi) is 4.12. The number of para-hydroxylation sites is 1. The van der Waals surface area contributed by atoms with Gasteiger partial charge in [-0.15, -0.1) is 0 Å². The molecule has 3 N–H and O–H groups in total. The van der Waals surface area contributed by atoms with Crippen molar-refractivity contribution in [2.75, 3.05) is 6.54 Å². The van der Waals surface area contributed by atoms with Crippen molar-refractivity contribution in [1.29, 1.82) is 0 Å². The van der Waals surface area contributed by atoms with Crippen molar-refractivity contribution in [2.45, 2.75) is 12.8 Å². The summed E-state index contributed by atoms with van der Waals surface area (Å²) in [5.41, 5.74) is 2.81. The molecule has 1 fully saturated rings. The van der Waals surface area contributed by atoms with E-state index in [1.807, 2.05) is 0 Å². The minimum absolute atomic E-state index is 0.0795. The largest absolute Gasteiger partial charge is 0.507 e. The number of hydrazone groups is 1. The maximum atomic E-state index is 11.7. The Hall–Kier alpha value is -2.37. The minimum Gasteiger partial charge on any atom is -0.507 e. The standard InChI is InChI=1S/C13H15N3O3/c17-11-6-2-1-4-9(11)8-15-16-13(19)10-5-3-7-14-12(10)18/h1-2,4,6,8,10,17H,3,5,7H2,(H,14,18)(H,16,19)/b15-8+. The van der Waals surface area contributed by atoms with Gasteiger partial charge in [0.25, 0.3) is 5.91 Å². The lowest BCUT2D eigenvalue weighted by Gasteiger charge is -2.19. The average molecular weight is 261 g/mol. The number of carbonyl (C=O) groups is 2. The molecule has 0 aliphatic carbocycles. The lowest BCUT2D eigenvalue weighted by molar-refractivity contribution is -0.136. The van der Waals surface area contributed by atoms with E-state index in [1.54, 1.807) is 18.2 Å². The smallest absolute Gasteiger partial charge is 0.252 e. The van der Waals surface area contributed by atoms with Crippen molar-refractivity contribution in [3.8, 4) is 5.75 Å². The second-order valence-corrected chi connectivity index (χ2v) is 4.28. The summed E-state index contributed by atoms with van der Waals surface area (Å²) in [4.78, 5) is 23.2. The fourth-order valence-electron chi connectivity index (χ4n) is 1.86. The number of carbonyl (C=O) groups excluding carboxylic acids is 2. The Labute approximate surface area is 110 Å². The van der Waals surface area contributed by atoms with Crippen LogP contribution in [0.5, 0.6) is 5.75 Å². The van der Waals surface area contributed by atoms with Crippen LogP contribution in [0.3, 0.4) is 0 Å². The minimum atomic E-state index is -0.685. The number of phenolic OH excluding ortho intramolecular Hbond substituents is 1. The third kappa shape index (κ3) is 3.31. The molecule has 1 saturated heterocycles. The van der Waals surface area contributed by atoms with E-state index in [1.165, 1.54) is 12.3 Å². The Morgan fingerprint density at radius 1 is 1.47 bits per heavy atom. The number of phenols is 1. The predicted octanol–water partition coefficient (Wildman–Crippen LogP) is 0.369. The van der Waals surface area contributed by atoms with Crippen molar-refractivity contribution < 1.29 is 14.7 Å². The summed E-state index contributed by atoms with van der Waals surface area (Å²) < 4.78 is 0. The predicted molar refractivity (Wildman–Crippen MR) is 69.6 cm³/mol. The van der Waals surface area contributed by atoms with Crippen molar-refractivity contribution in [2.24, 2.45) is 11.0 Å². The van der Waals surface area contributed by atoms with Crippen LogP contribution in [0.15, 0.2) is 29.4 Å². The topological polar surface area (TPSA) is 90.8 Å². The van der Waals surface area contributed by atoms with Crippen molar-refractivity contribution in [1.82, 2.24) is 10.7 Å². The highest BCUT2D eigenvalue weighted by Gasteiger charge is 2.28. The molecule has 100 valence electrons. The summed E-state index contributed by atoms with van der Waals surface area (Å²) >= 11 is 0. The van der Waals surface area contributed by atoms with E-state index in [2.05, 4.69) is 15.8 Å². The Balaban J connectivity index is 1.93. The Morgan fingerprint density at radius 3 is 3.00 bits per heavy atom. The molecule has 6 heteroatoms. The van der Waals surface area contributed by atoms with Crippen LogP contribution in [0.25, 0.3) is 0 Å². The van der Waals surface area contributed by atoms with E-state index in [4.69, 9.17) is 0 Å². The first-order valence-corrected chi connectivity index (χ1v) is 6.07. The second-order valence-electron chi connectivity index (χ2n) is 4.28. The van der Waals surface area contributed by atoms with Crippen LogP contribution in [0.2, 0.25) is 0 Å². The molecule has 1 unspecified atom stereocenters. The number of nitrogens with one attached hydrogen (secondary N) is 2. The first kappa shape index (κ1) is 13.1. The zero-order valence-electron chi connectivity index (χ0n) is 10.3. The molecule has 1 heterocycles. The summed E-state index contributed by atoms with van der Waals surface area (Å²) in [6.45, 7) is 0.615. The first-order chi connectivity index (χ1) is 9.18. The molecule has 2 amide bonds. The van der Waals surface area contributed by atoms with Crippen LogP contribution < -0.4 is 10.7 Å². The van der Waals surface area contributed by atoms with Crippen molar-refractivity contribution >= 4 is 18.0 Å². The molecule has 6 nitrogen and oxygen atoms in total. The first-order valence-electron chi connectivity index (χ1n) is 6.07. The van der Waals surface area contributed by atoms with Gasteiger partial charge in [-0.05, 0) is 25.0 Å². The molecule has 0 bridgehead atoms. The Morgan fingerprint density at radius 2 is 2.26 bits per heavy atom. The molecule has 2 rings (SSSR count). The van der Waals surface area contributed by atoms with Crippen LogP contribution in [0.4, 0.5) is 0 Å². The van der Waals surface area contributed by atoms with Gasteiger partial charge in [0.1, 0.15) is 11.7 Å². The number of benzene rings is 1. The van der Waals surface area contributed by atoms with Crippen molar-refractivity contribution in [3.05, 3.63) is 29.8 Å².